The van der Waals surface area contributed by atoms with Gasteiger partial charge in [0.1, 0.15) is 6.33 Å². The summed E-state index contributed by atoms with van der Waals surface area (Å²) < 4.78 is 6.69. The van der Waals surface area contributed by atoms with E-state index in [4.69, 9.17) is 16.3 Å². The highest BCUT2D eigenvalue weighted by molar-refractivity contribution is 6.38. The molecule has 7 nitrogen and oxygen atoms in total. The summed E-state index contributed by atoms with van der Waals surface area (Å²) >= 11 is 6.37. The molecule has 0 aliphatic heterocycles. The van der Waals surface area contributed by atoms with Crippen LogP contribution in [0.5, 0.6) is 0 Å². The van der Waals surface area contributed by atoms with Gasteiger partial charge in [-0.15, -0.1) is 0 Å². The van der Waals surface area contributed by atoms with Crippen molar-refractivity contribution >= 4 is 28.6 Å². The van der Waals surface area contributed by atoms with Gasteiger partial charge in [-0.3, -0.25) is 0 Å². The van der Waals surface area contributed by atoms with E-state index in [-0.39, 0.29) is 12.2 Å². The standard InChI is InChI=1S/C15H14ClN5O2/c1-3-23-15(22)11-6-18-14-12(13(11)16)9(2)20-21(14)7-10-4-5-17-8-19-10/h4-6,8H,3,7H2,1-2H3. The SMILES string of the molecule is CCOC(=O)c1cnc2c(c(C)nn2Cc2ccncn2)c1Cl. The average Bonchev–Trinajstić information content (AvgIpc) is 2.85. The van der Waals surface area contributed by atoms with Crippen LogP contribution in [0.2, 0.25) is 5.02 Å². The molecular formula is C15H14ClN5O2. The fourth-order valence-corrected chi connectivity index (χ4v) is 2.65. The molecule has 0 saturated carbocycles. The van der Waals surface area contributed by atoms with E-state index in [1.165, 1.54) is 12.5 Å². The summed E-state index contributed by atoms with van der Waals surface area (Å²) in [6, 6.07) is 1.80. The van der Waals surface area contributed by atoms with Gasteiger partial charge in [0.25, 0.3) is 0 Å². The Bertz CT molecular complexity index is 863. The number of hydrogen-bond acceptors (Lipinski definition) is 6. The fourth-order valence-electron chi connectivity index (χ4n) is 2.30. The Labute approximate surface area is 137 Å². The minimum atomic E-state index is -0.491. The van der Waals surface area contributed by atoms with E-state index >= 15 is 0 Å². The molecule has 8 heteroatoms. The molecule has 0 unspecified atom stereocenters. The summed E-state index contributed by atoms with van der Waals surface area (Å²) in [5.41, 5.74) is 2.33. The van der Waals surface area contributed by atoms with Crippen molar-refractivity contribution in [2.24, 2.45) is 0 Å². The molecule has 0 aromatic carbocycles. The number of esters is 1. The summed E-state index contributed by atoms with van der Waals surface area (Å²) in [4.78, 5) is 24.3. The number of nitrogens with zero attached hydrogens (tertiary/aromatic N) is 5. The van der Waals surface area contributed by atoms with Crippen LogP contribution in [-0.2, 0) is 11.3 Å². The third-order valence-corrected chi connectivity index (χ3v) is 3.72. The lowest BCUT2D eigenvalue weighted by atomic mass is 10.2. The topological polar surface area (TPSA) is 82.8 Å². The van der Waals surface area contributed by atoms with Crippen LogP contribution >= 0.6 is 11.6 Å². The lowest BCUT2D eigenvalue weighted by Gasteiger charge is -2.06. The molecule has 3 aromatic heterocycles. The number of rotatable bonds is 4. The lowest BCUT2D eigenvalue weighted by Crippen LogP contribution is -2.07. The second kappa shape index (κ2) is 6.29. The number of hydrogen-bond donors (Lipinski definition) is 0. The molecule has 0 aliphatic rings. The summed E-state index contributed by atoms with van der Waals surface area (Å²) in [5.74, 6) is -0.491. The quantitative estimate of drug-likeness (QED) is 0.683. The van der Waals surface area contributed by atoms with Crippen molar-refractivity contribution in [1.82, 2.24) is 24.7 Å². The summed E-state index contributed by atoms with van der Waals surface area (Å²) in [6.07, 6.45) is 4.56. The number of ether oxygens (including phenoxy) is 1. The molecule has 118 valence electrons. The monoisotopic (exact) mass is 331 g/mol. The minimum Gasteiger partial charge on any atom is -0.462 e. The second-order valence-corrected chi connectivity index (χ2v) is 5.23. The lowest BCUT2D eigenvalue weighted by molar-refractivity contribution is 0.0526. The number of aryl methyl sites for hydroxylation is 1. The van der Waals surface area contributed by atoms with Crippen LogP contribution < -0.4 is 0 Å². The molecule has 0 aliphatic carbocycles. The van der Waals surface area contributed by atoms with Gasteiger partial charge in [-0.05, 0) is 19.9 Å². The van der Waals surface area contributed by atoms with E-state index in [2.05, 4.69) is 20.1 Å². The fraction of sp³-hybridized carbons (Fsp3) is 0.267. The zero-order valence-electron chi connectivity index (χ0n) is 12.7. The van der Waals surface area contributed by atoms with Gasteiger partial charge in [-0.25, -0.2) is 24.4 Å². The van der Waals surface area contributed by atoms with Crippen molar-refractivity contribution in [2.75, 3.05) is 6.61 Å². The molecule has 3 heterocycles. The number of halogens is 1. The van der Waals surface area contributed by atoms with E-state index in [9.17, 15) is 4.79 Å². The highest BCUT2D eigenvalue weighted by Gasteiger charge is 2.20. The molecule has 23 heavy (non-hydrogen) atoms. The van der Waals surface area contributed by atoms with Crippen molar-refractivity contribution in [1.29, 1.82) is 0 Å². The smallest absolute Gasteiger partial charge is 0.341 e. The second-order valence-electron chi connectivity index (χ2n) is 4.85. The zero-order valence-corrected chi connectivity index (χ0v) is 13.4. The highest BCUT2D eigenvalue weighted by atomic mass is 35.5. The predicted molar refractivity (Wildman–Crippen MR) is 84.4 cm³/mol. The molecule has 0 radical (unpaired) electrons. The van der Waals surface area contributed by atoms with Crippen molar-refractivity contribution in [3.8, 4) is 0 Å². The maximum absolute atomic E-state index is 11.9. The van der Waals surface area contributed by atoms with Gasteiger partial charge in [0.15, 0.2) is 5.65 Å². The average molecular weight is 332 g/mol. The van der Waals surface area contributed by atoms with Crippen LogP contribution in [0.25, 0.3) is 11.0 Å². The van der Waals surface area contributed by atoms with Crippen molar-refractivity contribution in [3.05, 3.63) is 46.8 Å². The maximum atomic E-state index is 11.9. The zero-order chi connectivity index (χ0) is 16.4. The Morgan fingerprint density at radius 3 is 2.91 bits per heavy atom. The number of fused-ring (bicyclic) bond motifs is 1. The molecule has 0 bridgehead atoms. The van der Waals surface area contributed by atoms with Crippen LogP contribution in [0.3, 0.4) is 0 Å². The molecule has 0 atom stereocenters. The number of carbonyl (C=O) groups excluding carboxylic acids is 1. The van der Waals surface area contributed by atoms with Crippen LogP contribution in [-0.4, -0.2) is 37.3 Å². The first kappa shape index (κ1) is 15.4. The minimum absolute atomic E-state index is 0.241. The molecule has 0 N–H and O–H groups in total. The van der Waals surface area contributed by atoms with Gasteiger partial charge >= 0.3 is 5.97 Å². The first-order chi connectivity index (χ1) is 11.1. The van der Waals surface area contributed by atoms with Crippen molar-refractivity contribution in [2.45, 2.75) is 20.4 Å². The molecule has 0 saturated heterocycles. The van der Waals surface area contributed by atoms with E-state index in [0.29, 0.717) is 28.3 Å². The molecule has 0 fully saturated rings. The Kier molecular flexibility index (Phi) is 4.20. The van der Waals surface area contributed by atoms with Crippen molar-refractivity contribution < 1.29 is 9.53 Å². The Balaban J connectivity index is 2.06. The first-order valence-corrected chi connectivity index (χ1v) is 7.43. The van der Waals surface area contributed by atoms with Gasteiger partial charge < -0.3 is 4.74 Å². The van der Waals surface area contributed by atoms with Gasteiger partial charge in [0.05, 0.1) is 40.5 Å². The van der Waals surface area contributed by atoms with Crippen LogP contribution in [0, 0.1) is 6.92 Å². The van der Waals surface area contributed by atoms with Crippen molar-refractivity contribution in [3.63, 3.8) is 0 Å². The summed E-state index contributed by atoms with van der Waals surface area (Å²) in [6.45, 7) is 4.28. The van der Waals surface area contributed by atoms with Gasteiger partial charge in [0.2, 0.25) is 0 Å². The van der Waals surface area contributed by atoms with Gasteiger partial charge in [0, 0.05) is 12.4 Å². The Hall–Kier alpha value is -2.54. The third kappa shape index (κ3) is 2.87. The summed E-state index contributed by atoms with van der Waals surface area (Å²) in [7, 11) is 0. The number of carbonyl (C=O) groups is 1. The van der Waals surface area contributed by atoms with E-state index in [0.717, 1.165) is 5.69 Å². The summed E-state index contributed by atoms with van der Waals surface area (Å²) in [5, 5.41) is 5.40. The van der Waals surface area contributed by atoms with Crippen LogP contribution in [0.4, 0.5) is 0 Å². The first-order valence-electron chi connectivity index (χ1n) is 7.05. The van der Waals surface area contributed by atoms with Crippen LogP contribution in [0.15, 0.2) is 24.8 Å². The van der Waals surface area contributed by atoms with Crippen LogP contribution in [0.1, 0.15) is 28.7 Å². The Morgan fingerprint density at radius 1 is 1.39 bits per heavy atom. The number of pyridine rings is 1. The molecule has 3 aromatic rings. The molecule has 3 rings (SSSR count). The van der Waals surface area contributed by atoms with E-state index in [1.807, 2.05) is 6.92 Å². The van der Waals surface area contributed by atoms with Gasteiger partial charge in [-0.2, -0.15) is 5.10 Å². The molecule has 0 spiro atoms. The van der Waals surface area contributed by atoms with Gasteiger partial charge in [-0.1, -0.05) is 11.6 Å². The maximum Gasteiger partial charge on any atom is 0.341 e. The van der Waals surface area contributed by atoms with E-state index in [1.54, 1.807) is 23.9 Å². The Morgan fingerprint density at radius 2 is 2.22 bits per heavy atom. The molecular weight excluding hydrogens is 318 g/mol. The predicted octanol–water partition coefficient (Wildman–Crippen LogP) is 2.41. The normalized spacial score (nSPS) is 10.9. The third-order valence-electron chi connectivity index (χ3n) is 3.32. The largest absolute Gasteiger partial charge is 0.462 e. The highest BCUT2D eigenvalue weighted by Crippen LogP contribution is 2.29. The number of aromatic nitrogens is 5. The molecule has 0 amide bonds. The van der Waals surface area contributed by atoms with E-state index < -0.39 is 5.97 Å².